The van der Waals surface area contributed by atoms with E-state index in [9.17, 15) is 18.0 Å². The Labute approximate surface area is 159 Å². The van der Waals surface area contributed by atoms with Gasteiger partial charge in [-0.05, 0) is 17.5 Å². The third kappa shape index (κ3) is 4.68. The molecule has 0 saturated carbocycles. The van der Waals surface area contributed by atoms with Crippen molar-refractivity contribution in [3.05, 3.63) is 36.0 Å². The van der Waals surface area contributed by atoms with Crippen molar-refractivity contribution in [3.8, 4) is 0 Å². The summed E-state index contributed by atoms with van der Waals surface area (Å²) >= 11 is 0. The number of sulfone groups is 1. The second kappa shape index (κ2) is 7.72. The maximum absolute atomic E-state index is 13.1. The zero-order valence-corrected chi connectivity index (χ0v) is 16.4. The standard InChI is InChI=1S/C19H25N3O4S/c1-13-11-22(7-8-27(25,26)12-13)19(24)18(21-14(2)23)9-15-10-20-17-6-4-3-5-16(15)17/h3-6,10,13,18,20H,7-9,11-12H2,1-2H3,(H,21,23)/t13-,18-/m1/s1. The topological polar surface area (TPSA) is 99.3 Å². The van der Waals surface area contributed by atoms with Crippen molar-refractivity contribution in [2.24, 2.45) is 5.92 Å². The van der Waals surface area contributed by atoms with Gasteiger partial charge >= 0.3 is 0 Å². The van der Waals surface area contributed by atoms with Gasteiger partial charge in [0.05, 0.1) is 11.5 Å². The Morgan fingerprint density at radius 3 is 2.81 bits per heavy atom. The van der Waals surface area contributed by atoms with Crippen LogP contribution in [0.1, 0.15) is 19.4 Å². The third-order valence-corrected chi connectivity index (χ3v) is 6.71. The van der Waals surface area contributed by atoms with E-state index in [2.05, 4.69) is 10.3 Å². The minimum Gasteiger partial charge on any atom is -0.361 e. The van der Waals surface area contributed by atoms with Crippen molar-refractivity contribution in [1.29, 1.82) is 0 Å². The number of nitrogens with zero attached hydrogens (tertiary/aromatic N) is 1. The fourth-order valence-electron chi connectivity index (χ4n) is 3.67. The number of para-hydroxylation sites is 1. The highest BCUT2D eigenvalue weighted by Gasteiger charge is 2.31. The second-order valence-corrected chi connectivity index (χ2v) is 9.55. The van der Waals surface area contributed by atoms with E-state index in [1.54, 1.807) is 4.90 Å². The molecule has 1 aromatic carbocycles. The molecule has 1 aliphatic rings. The Morgan fingerprint density at radius 2 is 2.07 bits per heavy atom. The first-order valence-corrected chi connectivity index (χ1v) is 10.9. The molecule has 0 unspecified atom stereocenters. The van der Waals surface area contributed by atoms with Crippen molar-refractivity contribution in [2.45, 2.75) is 26.3 Å². The molecule has 146 valence electrons. The molecule has 0 aliphatic carbocycles. The van der Waals surface area contributed by atoms with Crippen LogP contribution < -0.4 is 5.32 Å². The summed E-state index contributed by atoms with van der Waals surface area (Å²) in [5, 5.41) is 3.75. The van der Waals surface area contributed by atoms with E-state index in [1.807, 2.05) is 37.4 Å². The number of rotatable bonds is 4. The van der Waals surface area contributed by atoms with E-state index in [0.717, 1.165) is 16.5 Å². The molecule has 2 atom stereocenters. The van der Waals surface area contributed by atoms with Crippen molar-refractivity contribution in [3.63, 3.8) is 0 Å². The van der Waals surface area contributed by atoms with Crippen LogP contribution in [0.25, 0.3) is 10.9 Å². The van der Waals surface area contributed by atoms with Crippen LogP contribution in [0.5, 0.6) is 0 Å². The molecule has 1 aliphatic heterocycles. The van der Waals surface area contributed by atoms with Crippen molar-refractivity contribution < 1.29 is 18.0 Å². The van der Waals surface area contributed by atoms with Crippen molar-refractivity contribution in [1.82, 2.24) is 15.2 Å². The summed E-state index contributed by atoms with van der Waals surface area (Å²) < 4.78 is 24.0. The maximum Gasteiger partial charge on any atom is 0.245 e. The normalized spacial score (nSPS) is 20.8. The molecule has 1 fully saturated rings. The monoisotopic (exact) mass is 391 g/mol. The maximum atomic E-state index is 13.1. The number of aromatic amines is 1. The molecule has 0 spiro atoms. The van der Waals surface area contributed by atoms with Crippen LogP contribution in [0.15, 0.2) is 30.5 Å². The predicted molar refractivity (Wildman–Crippen MR) is 104 cm³/mol. The molecule has 27 heavy (non-hydrogen) atoms. The average Bonchev–Trinajstić information content (AvgIpc) is 2.93. The van der Waals surface area contributed by atoms with Gasteiger partial charge in [0.15, 0.2) is 9.84 Å². The lowest BCUT2D eigenvalue weighted by molar-refractivity contribution is -0.136. The number of nitrogens with one attached hydrogen (secondary N) is 2. The number of carbonyl (C=O) groups excluding carboxylic acids is 2. The van der Waals surface area contributed by atoms with E-state index in [1.165, 1.54) is 6.92 Å². The minimum atomic E-state index is -3.15. The zero-order valence-electron chi connectivity index (χ0n) is 15.6. The molecule has 7 nitrogen and oxygen atoms in total. The number of fused-ring (bicyclic) bond motifs is 1. The number of carbonyl (C=O) groups is 2. The molecule has 2 N–H and O–H groups in total. The van der Waals surface area contributed by atoms with Gasteiger partial charge in [-0.1, -0.05) is 25.1 Å². The van der Waals surface area contributed by atoms with Gasteiger partial charge in [-0.3, -0.25) is 9.59 Å². The first kappa shape index (κ1) is 19.4. The van der Waals surface area contributed by atoms with Gasteiger partial charge in [-0.15, -0.1) is 0 Å². The number of aromatic nitrogens is 1. The van der Waals surface area contributed by atoms with Gasteiger partial charge in [0.2, 0.25) is 11.8 Å². The summed E-state index contributed by atoms with van der Waals surface area (Å²) in [6.07, 6.45) is 2.20. The minimum absolute atomic E-state index is 0.0387. The van der Waals surface area contributed by atoms with E-state index in [-0.39, 0.29) is 35.8 Å². The molecule has 1 aromatic heterocycles. The fourth-order valence-corrected chi connectivity index (χ4v) is 5.31. The highest BCUT2D eigenvalue weighted by molar-refractivity contribution is 7.91. The highest BCUT2D eigenvalue weighted by Crippen LogP contribution is 2.20. The molecule has 2 amide bonds. The molecule has 1 saturated heterocycles. The Hall–Kier alpha value is -2.35. The largest absolute Gasteiger partial charge is 0.361 e. The van der Waals surface area contributed by atoms with Crippen LogP contribution in [-0.2, 0) is 25.8 Å². The molecule has 3 rings (SSSR count). The van der Waals surface area contributed by atoms with Crippen LogP contribution in [0.2, 0.25) is 0 Å². The van der Waals surface area contributed by atoms with Crippen LogP contribution in [0.3, 0.4) is 0 Å². The van der Waals surface area contributed by atoms with Gasteiger partial charge < -0.3 is 15.2 Å². The summed E-state index contributed by atoms with van der Waals surface area (Å²) in [5.74, 6) is -0.608. The summed E-state index contributed by atoms with van der Waals surface area (Å²) in [6, 6.07) is 7.05. The third-order valence-electron chi connectivity index (χ3n) is 4.83. The lowest BCUT2D eigenvalue weighted by atomic mass is 10.0. The SMILES string of the molecule is CC(=O)N[C@H](Cc1c[nH]c2ccccc12)C(=O)N1CCS(=O)(=O)C[C@H](C)C1. The smallest absolute Gasteiger partial charge is 0.245 e. The molecular formula is C19H25N3O4S. The van der Waals surface area contributed by atoms with E-state index >= 15 is 0 Å². The molecule has 2 aromatic rings. The molecular weight excluding hydrogens is 366 g/mol. The molecule has 2 heterocycles. The quantitative estimate of drug-likeness (QED) is 0.815. The summed E-state index contributed by atoms with van der Waals surface area (Å²) in [4.78, 5) is 29.5. The Bertz CT molecular complexity index is 951. The van der Waals surface area contributed by atoms with E-state index in [0.29, 0.717) is 13.0 Å². The van der Waals surface area contributed by atoms with Crippen LogP contribution in [-0.4, -0.2) is 60.8 Å². The Morgan fingerprint density at radius 1 is 1.33 bits per heavy atom. The number of hydrogen-bond acceptors (Lipinski definition) is 4. The fraction of sp³-hybridized carbons (Fsp3) is 0.474. The van der Waals surface area contributed by atoms with Crippen LogP contribution in [0, 0.1) is 5.92 Å². The van der Waals surface area contributed by atoms with E-state index in [4.69, 9.17) is 0 Å². The zero-order chi connectivity index (χ0) is 19.6. The summed E-state index contributed by atoms with van der Waals surface area (Å²) in [7, 11) is -3.15. The molecule has 0 radical (unpaired) electrons. The number of benzene rings is 1. The molecule has 8 heteroatoms. The second-order valence-electron chi connectivity index (χ2n) is 7.32. The number of H-pyrrole nitrogens is 1. The van der Waals surface area contributed by atoms with Gasteiger partial charge in [0.1, 0.15) is 6.04 Å². The first-order chi connectivity index (χ1) is 12.7. The van der Waals surface area contributed by atoms with Gasteiger partial charge in [0, 0.05) is 43.5 Å². The van der Waals surface area contributed by atoms with Gasteiger partial charge in [0.25, 0.3) is 0 Å². The van der Waals surface area contributed by atoms with Gasteiger partial charge in [-0.2, -0.15) is 0 Å². The Balaban J connectivity index is 1.83. The average molecular weight is 391 g/mol. The van der Waals surface area contributed by atoms with E-state index < -0.39 is 15.9 Å². The first-order valence-electron chi connectivity index (χ1n) is 9.06. The lowest BCUT2D eigenvalue weighted by Crippen LogP contribution is -2.50. The Kier molecular flexibility index (Phi) is 5.55. The summed E-state index contributed by atoms with van der Waals surface area (Å²) in [6.45, 7) is 3.75. The highest BCUT2D eigenvalue weighted by atomic mass is 32.2. The number of hydrogen-bond donors (Lipinski definition) is 2. The summed E-state index contributed by atoms with van der Waals surface area (Å²) in [5.41, 5.74) is 1.91. The van der Waals surface area contributed by atoms with Crippen LogP contribution in [0.4, 0.5) is 0 Å². The predicted octanol–water partition coefficient (Wildman–Crippen LogP) is 1.11. The van der Waals surface area contributed by atoms with Crippen molar-refractivity contribution in [2.75, 3.05) is 24.6 Å². The van der Waals surface area contributed by atoms with Crippen molar-refractivity contribution >= 4 is 32.6 Å². The number of amides is 2. The lowest BCUT2D eigenvalue weighted by Gasteiger charge is -2.27. The molecule has 0 bridgehead atoms. The van der Waals surface area contributed by atoms with Crippen LogP contribution >= 0.6 is 0 Å². The van der Waals surface area contributed by atoms with Gasteiger partial charge in [-0.25, -0.2) is 8.42 Å².